The molecule has 0 aliphatic heterocycles. The summed E-state index contributed by atoms with van der Waals surface area (Å²) >= 11 is 0. The Morgan fingerprint density at radius 2 is 2.08 bits per heavy atom. The van der Waals surface area contributed by atoms with Crippen molar-refractivity contribution in [2.75, 3.05) is 6.61 Å². The molecule has 0 rings (SSSR count). The summed E-state index contributed by atoms with van der Waals surface area (Å²) in [7, 11) is -3.16. The Kier molecular flexibility index (Phi) is 10.1. The van der Waals surface area contributed by atoms with E-state index in [9.17, 15) is 4.57 Å². The van der Waals surface area contributed by atoms with Gasteiger partial charge in [0.1, 0.15) is 0 Å². The maximum absolute atomic E-state index is 10.6. The van der Waals surface area contributed by atoms with Crippen LogP contribution in [0.15, 0.2) is 0 Å². The van der Waals surface area contributed by atoms with Gasteiger partial charge in [-0.2, -0.15) is 0 Å². The van der Waals surface area contributed by atoms with Gasteiger partial charge in [-0.05, 0) is 6.42 Å². The molecule has 70 valence electrons. The third kappa shape index (κ3) is 6.77. The number of hydrogen-bond donors (Lipinski definition) is 3. The molecule has 0 aliphatic carbocycles. The van der Waals surface area contributed by atoms with Crippen LogP contribution in [0.5, 0.6) is 0 Å². The van der Waals surface area contributed by atoms with Crippen molar-refractivity contribution in [2.24, 2.45) is 0 Å². The zero-order valence-corrected chi connectivity index (χ0v) is 12.2. The van der Waals surface area contributed by atoms with Crippen molar-refractivity contribution < 1.29 is 55.2 Å². The van der Waals surface area contributed by atoms with Crippen LogP contribution in [0, 0.1) is 0 Å². The molecule has 0 amide bonds. The molecule has 0 aromatic heterocycles. The summed E-state index contributed by atoms with van der Waals surface area (Å²) in [5, 5.41) is 16.6. The maximum Gasteiger partial charge on any atom is 1.00 e. The second-order valence-corrected chi connectivity index (χ2v) is 4.95. The minimum atomic E-state index is -4.17. The molecule has 5 nitrogen and oxygen atoms in total. The van der Waals surface area contributed by atoms with Crippen molar-refractivity contribution in [1.29, 1.82) is 0 Å². The predicted molar refractivity (Wildman–Crippen MR) is 44.5 cm³/mol. The van der Waals surface area contributed by atoms with Crippen molar-refractivity contribution in [3.05, 3.63) is 0 Å². The SMILES string of the molecule is O=P(O)(OCCC[SiH3])C(O)O.[H-].[Na+]. The Morgan fingerprint density at radius 3 is 2.42 bits per heavy atom. The maximum atomic E-state index is 10.6. The molecule has 0 aromatic carbocycles. The molecular weight excluding hydrogens is 210 g/mol. The summed E-state index contributed by atoms with van der Waals surface area (Å²) in [5.74, 6) is 0. The largest absolute Gasteiger partial charge is 1.00 e. The molecular formula is C4H14NaO5PSi. The van der Waals surface area contributed by atoms with Gasteiger partial charge in [0.25, 0.3) is 6.03 Å². The quantitative estimate of drug-likeness (QED) is 0.190. The summed E-state index contributed by atoms with van der Waals surface area (Å²) in [6, 6.07) is -1.32. The normalized spacial score (nSPS) is 15.7. The Hall–Kier alpha value is 1.29. The molecule has 0 radical (unpaired) electrons. The second-order valence-electron chi connectivity index (χ2n) is 2.10. The van der Waals surface area contributed by atoms with Crippen LogP contribution >= 0.6 is 7.60 Å². The Balaban J connectivity index is -0.000000500. The average Bonchev–Trinajstić information content (AvgIpc) is 1.88. The van der Waals surface area contributed by atoms with E-state index < -0.39 is 13.6 Å². The van der Waals surface area contributed by atoms with Crippen molar-refractivity contribution >= 4 is 17.8 Å². The van der Waals surface area contributed by atoms with Crippen molar-refractivity contribution in [3.8, 4) is 0 Å². The second kappa shape index (κ2) is 7.67. The fraction of sp³-hybridized carbons (Fsp3) is 1.00. The smallest absolute Gasteiger partial charge is 1.00 e. The third-order valence-corrected chi connectivity index (χ3v) is 2.91. The molecule has 0 spiro atoms. The molecule has 0 aromatic rings. The first-order chi connectivity index (χ1) is 5.00. The van der Waals surface area contributed by atoms with Crippen molar-refractivity contribution in [2.45, 2.75) is 18.5 Å². The standard InChI is InChI=1S/C4H13O5PSi.Na.H/c5-4(6)10(7,8)9-2-1-3-11;;/h4-6H,1-3H2,11H3,(H,7,8);;/q;+1;-1. The Bertz CT molecular complexity index is 159. The summed E-state index contributed by atoms with van der Waals surface area (Å²) in [6.45, 7) is 0.106. The molecule has 3 N–H and O–H groups in total. The van der Waals surface area contributed by atoms with Gasteiger partial charge in [0, 0.05) is 10.2 Å². The molecule has 0 bridgehead atoms. The van der Waals surface area contributed by atoms with Gasteiger partial charge in [0.2, 0.25) is 0 Å². The fourth-order valence-corrected chi connectivity index (χ4v) is 1.22. The van der Waals surface area contributed by atoms with E-state index in [1.54, 1.807) is 0 Å². The van der Waals surface area contributed by atoms with Gasteiger partial charge in [0.15, 0.2) is 0 Å². The molecule has 8 heteroatoms. The van der Waals surface area contributed by atoms with Crippen LogP contribution in [0.4, 0.5) is 0 Å². The first-order valence-corrected chi connectivity index (χ1v) is 6.40. The van der Waals surface area contributed by atoms with E-state index in [4.69, 9.17) is 15.1 Å². The van der Waals surface area contributed by atoms with Crippen LogP contribution in [0.2, 0.25) is 6.04 Å². The third-order valence-electron chi connectivity index (χ3n) is 1.07. The van der Waals surface area contributed by atoms with Gasteiger partial charge in [-0.25, -0.2) is 0 Å². The topological polar surface area (TPSA) is 87.0 Å². The molecule has 0 saturated heterocycles. The summed E-state index contributed by atoms with van der Waals surface area (Å²) in [6.07, 6.45) is 0.684. The first-order valence-electron chi connectivity index (χ1n) is 3.34. The van der Waals surface area contributed by atoms with E-state index in [1.807, 2.05) is 0 Å². The van der Waals surface area contributed by atoms with Crippen LogP contribution in [0.3, 0.4) is 0 Å². The summed E-state index contributed by atoms with van der Waals surface area (Å²) in [4.78, 5) is 8.66. The zero-order valence-electron chi connectivity index (χ0n) is 8.30. The Labute approximate surface area is 97.9 Å². The number of rotatable bonds is 5. The van der Waals surface area contributed by atoms with Crippen molar-refractivity contribution in [1.82, 2.24) is 0 Å². The minimum Gasteiger partial charge on any atom is -1.00 e. The van der Waals surface area contributed by atoms with Gasteiger partial charge >= 0.3 is 37.2 Å². The molecule has 0 saturated carbocycles. The molecule has 1 atom stereocenters. The summed E-state index contributed by atoms with van der Waals surface area (Å²) in [5.41, 5.74) is 0. The number of aliphatic hydroxyl groups is 2. The number of aliphatic hydroxyl groups excluding tert-OH is 1. The van der Waals surface area contributed by atoms with Crippen LogP contribution in [0.1, 0.15) is 7.85 Å². The van der Waals surface area contributed by atoms with E-state index in [2.05, 4.69) is 4.52 Å². The van der Waals surface area contributed by atoms with Gasteiger partial charge in [-0.15, -0.1) is 0 Å². The Morgan fingerprint density at radius 1 is 1.58 bits per heavy atom. The van der Waals surface area contributed by atoms with E-state index in [0.717, 1.165) is 16.3 Å². The molecule has 0 aliphatic rings. The van der Waals surface area contributed by atoms with Gasteiger partial charge in [0.05, 0.1) is 6.61 Å². The molecule has 1 unspecified atom stereocenters. The first kappa shape index (κ1) is 15.7. The van der Waals surface area contributed by atoms with Crippen LogP contribution in [-0.4, -0.2) is 38.0 Å². The minimum absolute atomic E-state index is 0. The van der Waals surface area contributed by atoms with E-state index in [0.29, 0.717) is 6.42 Å². The average molecular weight is 224 g/mol. The van der Waals surface area contributed by atoms with Crippen LogP contribution in [0.25, 0.3) is 0 Å². The van der Waals surface area contributed by atoms with Gasteiger partial charge in [-0.3, -0.25) is 4.57 Å². The van der Waals surface area contributed by atoms with E-state index in [-0.39, 0.29) is 37.6 Å². The molecule has 0 fully saturated rings. The predicted octanol–water partition coefficient (Wildman–Crippen LogP) is -4.25. The molecule has 12 heavy (non-hydrogen) atoms. The zero-order chi connectivity index (χ0) is 8.91. The van der Waals surface area contributed by atoms with Crippen molar-refractivity contribution in [3.63, 3.8) is 0 Å². The molecule has 0 heterocycles. The van der Waals surface area contributed by atoms with E-state index in [1.165, 1.54) is 0 Å². The fourth-order valence-electron chi connectivity index (χ4n) is 0.406. The van der Waals surface area contributed by atoms with Gasteiger partial charge < -0.3 is 21.1 Å². The van der Waals surface area contributed by atoms with E-state index >= 15 is 0 Å². The van der Waals surface area contributed by atoms with Crippen LogP contribution in [-0.2, 0) is 9.09 Å². The summed E-state index contributed by atoms with van der Waals surface area (Å²) < 4.78 is 15.0. The van der Waals surface area contributed by atoms with Gasteiger partial charge in [-0.1, -0.05) is 6.04 Å². The monoisotopic (exact) mass is 224 g/mol. The number of hydrogen-bond acceptors (Lipinski definition) is 4. The van der Waals surface area contributed by atoms with Crippen LogP contribution < -0.4 is 29.6 Å².